The lowest BCUT2D eigenvalue weighted by Gasteiger charge is -2.36. The highest BCUT2D eigenvalue weighted by molar-refractivity contribution is 7.90. The van der Waals surface area contributed by atoms with Crippen LogP contribution in [0.15, 0.2) is 0 Å². The zero-order valence-corrected chi connectivity index (χ0v) is 11.0. The third-order valence-electron chi connectivity index (χ3n) is 2.94. The molecule has 16 heavy (non-hydrogen) atoms. The summed E-state index contributed by atoms with van der Waals surface area (Å²) in [6.45, 7) is 2.50. The second kappa shape index (κ2) is 5.25. The SMILES string of the molecule is CN1CCN(C)C(C(=O)CCS(C)(=O)=O)C1. The largest absolute Gasteiger partial charge is 0.303 e. The topological polar surface area (TPSA) is 57.7 Å². The van der Waals surface area contributed by atoms with E-state index in [1.54, 1.807) is 0 Å². The number of Topliss-reactive ketones (excluding diaryl/α,β-unsaturated/α-hetero) is 1. The first-order valence-electron chi connectivity index (χ1n) is 5.39. The zero-order chi connectivity index (χ0) is 12.3. The van der Waals surface area contributed by atoms with Crippen LogP contribution in [0.5, 0.6) is 0 Å². The number of carbonyl (C=O) groups excluding carboxylic acids is 1. The van der Waals surface area contributed by atoms with Crippen LogP contribution in [0.2, 0.25) is 0 Å². The monoisotopic (exact) mass is 248 g/mol. The lowest BCUT2D eigenvalue weighted by Crippen LogP contribution is -2.53. The summed E-state index contributed by atoms with van der Waals surface area (Å²) in [5, 5.41) is 0. The number of nitrogens with zero attached hydrogens (tertiary/aromatic N) is 2. The molecule has 0 bridgehead atoms. The molecule has 0 spiro atoms. The Bertz CT molecular complexity index is 353. The number of carbonyl (C=O) groups is 1. The van der Waals surface area contributed by atoms with Gasteiger partial charge in [-0.25, -0.2) is 8.42 Å². The minimum Gasteiger partial charge on any atom is -0.303 e. The molecule has 1 saturated heterocycles. The van der Waals surface area contributed by atoms with Crippen LogP contribution in [0.3, 0.4) is 0 Å². The van der Waals surface area contributed by atoms with Crippen LogP contribution >= 0.6 is 0 Å². The first kappa shape index (κ1) is 13.6. The van der Waals surface area contributed by atoms with Gasteiger partial charge in [0.25, 0.3) is 0 Å². The minimum atomic E-state index is -3.04. The van der Waals surface area contributed by atoms with Crippen LogP contribution in [-0.4, -0.2) is 75.8 Å². The number of hydrogen-bond donors (Lipinski definition) is 0. The van der Waals surface area contributed by atoms with Gasteiger partial charge in [0.1, 0.15) is 9.84 Å². The van der Waals surface area contributed by atoms with Crippen LogP contribution in [0.4, 0.5) is 0 Å². The Morgan fingerprint density at radius 3 is 2.50 bits per heavy atom. The van der Waals surface area contributed by atoms with Crippen molar-refractivity contribution in [3.05, 3.63) is 0 Å². The predicted molar refractivity (Wildman–Crippen MR) is 63.2 cm³/mol. The van der Waals surface area contributed by atoms with E-state index in [0.717, 1.165) is 19.3 Å². The van der Waals surface area contributed by atoms with Gasteiger partial charge >= 0.3 is 0 Å². The Hall–Kier alpha value is -0.460. The van der Waals surface area contributed by atoms with Gasteiger partial charge in [-0.1, -0.05) is 0 Å². The number of piperazine rings is 1. The molecule has 0 aromatic heterocycles. The summed E-state index contributed by atoms with van der Waals surface area (Å²) in [4.78, 5) is 16.0. The standard InChI is InChI=1S/C10H20N2O3S/c1-11-5-6-12(2)9(8-11)10(13)4-7-16(3,14)15/h9H,4-8H2,1-3H3. The van der Waals surface area contributed by atoms with Gasteiger partial charge in [0.05, 0.1) is 11.8 Å². The number of sulfone groups is 1. The van der Waals surface area contributed by atoms with E-state index in [2.05, 4.69) is 4.90 Å². The molecular formula is C10H20N2O3S. The number of likely N-dealkylation sites (N-methyl/N-ethyl adjacent to an activating group) is 2. The van der Waals surface area contributed by atoms with E-state index < -0.39 is 9.84 Å². The van der Waals surface area contributed by atoms with Crippen molar-refractivity contribution >= 4 is 15.6 Å². The summed E-state index contributed by atoms with van der Waals surface area (Å²) in [6, 6.07) is -0.152. The first-order chi connectivity index (χ1) is 7.29. The maximum absolute atomic E-state index is 11.9. The molecule has 5 nitrogen and oxygen atoms in total. The van der Waals surface area contributed by atoms with Crippen molar-refractivity contribution in [2.75, 3.05) is 45.7 Å². The van der Waals surface area contributed by atoms with Crippen molar-refractivity contribution in [1.29, 1.82) is 0 Å². The Morgan fingerprint density at radius 1 is 1.31 bits per heavy atom. The molecule has 94 valence electrons. The number of rotatable bonds is 4. The van der Waals surface area contributed by atoms with Gasteiger partial charge in [-0.15, -0.1) is 0 Å². The summed E-state index contributed by atoms with van der Waals surface area (Å²) in [7, 11) is 0.847. The molecule has 0 amide bonds. The summed E-state index contributed by atoms with van der Waals surface area (Å²) in [5.41, 5.74) is 0. The molecular weight excluding hydrogens is 228 g/mol. The Balaban J connectivity index is 2.52. The van der Waals surface area contributed by atoms with Gasteiger partial charge in [0, 0.05) is 32.3 Å². The van der Waals surface area contributed by atoms with Gasteiger partial charge in [-0.2, -0.15) is 0 Å². The van der Waals surface area contributed by atoms with E-state index in [4.69, 9.17) is 0 Å². The highest BCUT2D eigenvalue weighted by Gasteiger charge is 2.28. The molecule has 6 heteroatoms. The molecule has 0 aromatic carbocycles. The maximum atomic E-state index is 11.9. The summed E-state index contributed by atoms with van der Waals surface area (Å²) in [5.74, 6) is -0.0145. The van der Waals surface area contributed by atoms with Gasteiger partial charge in [-0.3, -0.25) is 9.69 Å². The van der Waals surface area contributed by atoms with Crippen molar-refractivity contribution < 1.29 is 13.2 Å². The second-order valence-electron chi connectivity index (χ2n) is 4.60. The highest BCUT2D eigenvalue weighted by Crippen LogP contribution is 2.09. The molecule has 0 aromatic rings. The molecule has 0 saturated carbocycles. The molecule has 1 atom stereocenters. The normalized spacial score (nSPS) is 24.6. The lowest BCUT2D eigenvalue weighted by atomic mass is 10.1. The van der Waals surface area contributed by atoms with Crippen molar-refractivity contribution in [2.45, 2.75) is 12.5 Å². The quantitative estimate of drug-likeness (QED) is 0.654. The van der Waals surface area contributed by atoms with Crippen molar-refractivity contribution in [3.63, 3.8) is 0 Å². The van der Waals surface area contributed by atoms with Crippen molar-refractivity contribution in [2.24, 2.45) is 0 Å². The number of ketones is 1. The smallest absolute Gasteiger partial charge is 0.152 e. The molecule has 1 aliphatic rings. The minimum absolute atomic E-state index is 0.0273. The maximum Gasteiger partial charge on any atom is 0.152 e. The first-order valence-corrected chi connectivity index (χ1v) is 7.45. The molecule has 0 aliphatic carbocycles. The van der Waals surface area contributed by atoms with Crippen LogP contribution in [0.25, 0.3) is 0 Å². The fraction of sp³-hybridized carbons (Fsp3) is 0.900. The fourth-order valence-corrected chi connectivity index (χ4v) is 2.38. The van der Waals surface area contributed by atoms with E-state index in [1.807, 2.05) is 19.0 Å². The third-order valence-corrected chi connectivity index (χ3v) is 3.89. The van der Waals surface area contributed by atoms with Crippen molar-refractivity contribution in [1.82, 2.24) is 9.80 Å². The van der Waals surface area contributed by atoms with Crippen LogP contribution < -0.4 is 0 Å². The fourth-order valence-electron chi connectivity index (χ4n) is 1.81. The van der Waals surface area contributed by atoms with Crippen LogP contribution in [0.1, 0.15) is 6.42 Å². The molecule has 0 radical (unpaired) electrons. The Labute approximate surface area is 97.3 Å². The zero-order valence-electron chi connectivity index (χ0n) is 10.1. The van der Waals surface area contributed by atoms with Gasteiger partial charge in [-0.05, 0) is 14.1 Å². The second-order valence-corrected chi connectivity index (χ2v) is 6.86. The van der Waals surface area contributed by atoms with E-state index in [0.29, 0.717) is 6.54 Å². The van der Waals surface area contributed by atoms with Gasteiger partial charge in [0.2, 0.25) is 0 Å². The average Bonchev–Trinajstić information content (AvgIpc) is 2.17. The van der Waals surface area contributed by atoms with E-state index in [-0.39, 0.29) is 24.0 Å². The van der Waals surface area contributed by atoms with Crippen LogP contribution in [-0.2, 0) is 14.6 Å². The number of hydrogen-bond acceptors (Lipinski definition) is 5. The summed E-state index contributed by atoms with van der Waals surface area (Å²) >= 11 is 0. The van der Waals surface area contributed by atoms with Gasteiger partial charge < -0.3 is 4.90 Å². The average molecular weight is 248 g/mol. The molecule has 0 N–H and O–H groups in total. The van der Waals surface area contributed by atoms with Crippen molar-refractivity contribution in [3.8, 4) is 0 Å². The summed E-state index contributed by atoms with van der Waals surface area (Å²) in [6.07, 6.45) is 1.29. The lowest BCUT2D eigenvalue weighted by molar-refractivity contribution is -0.125. The van der Waals surface area contributed by atoms with E-state index in [1.165, 1.54) is 0 Å². The highest BCUT2D eigenvalue weighted by atomic mass is 32.2. The van der Waals surface area contributed by atoms with E-state index >= 15 is 0 Å². The van der Waals surface area contributed by atoms with Crippen LogP contribution in [0, 0.1) is 0 Å². The molecule has 1 rings (SSSR count). The Kier molecular flexibility index (Phi) is 4.46. The predicted octanol–water partition coefficient (Wildman–Crippen LogP) is -0.764. The molecule has 1 unspecified atom stereocenters. The Morgan fingerprint density at radius 2 is 1.94 bits per heavy atom. The summed E-state index contributed by atoms with van der Waals surface area (Å²) < 4.78 is 22.0. The molecule has 1 heterocycles. The third kappa shape index (κ3) is 4.19. The van der Waals surface area contributed by atoms with E-state index in [9.17, 15) is 13.2 Å². The molecule has 1 aliphatic heterocycles. The van der Waals surface area contributed by atoms with Gasteiger partial charge in [0.15, 0.2) is 5.78 Å². The molecule has 1 fully saturated rings.